The Morgan fingerprint density at radius 1 is 1.17 bits per heavy atom. The fourth-order valence-corrected chi connectivity index (χ4v) is 1.95. The molecular formula is C16H23NO. The molecule has 0 amide bonds. The van der Waals surface area contributed by atoms with Crippen LogP contribution in [0.4, 0.5) is 5.69 Å². The van der Waals surface area contributed by atoms with Crippen LogP contribution < -0.4 is 9.64 Å². The monoisotopic (exact) mass is 245 g/mol. The van der Waals surface area contributed by atoms with Crippen LogP contribution in [-0.2, 0) is 0 Å². The van der Waals surface area contributed by atoms with E-state index in [1.54, 1.807) is 7.11 Å². The fourth-order valence-electron chi connectivity index (χ4n) is 1.95. The molecule has 0 bridgehead atoms. The fraction of sp³-hybridized carbons (Fsp3) is 0.375. The van der Waals surface area contributed by atoms with E-state index in [-0.39, 0.29) is 0 Å². The average Bonchev–Trinajstić information content (AvgIpc) is 2.90. The molecule has 18 heavy (non-hydrogen) atoms. The highest BCUT2D eigenvalue weighted by Gasteiger charge is 2.14. The largest absolute Gasteiger partial charge is 0.497 e. The molecule has 0 saturated heterocycles. The van der Waals surface area contributed by atoms with Crippen molar-refractivity contribution < 1.29 is 4.74 Å². The summed E-state index contributed by atoms with van der Waals surface area (Å²) in [6.45, 7) is 7.11. The van der Waals surface area contributed by atoms with Gasteiger partial charge in [-0.1, -0.05) is 26.0 Å². The van der Waals surface area contributed by atoms with Gasteiger partial charge in [0, 0.05) is 17.9 Å². The molecule has 0 atom stereocenters. The van der Waals surface area contributed by atoms with Crippen LogP contribution in [0.2, 0.25) is 0 Å². The highest BCUT2D eigenvalue weighted by Crippen LogP contribution is 2.26. The molecule has 1 aliphatic rings. The van der Waals surface area contributed by atoms with Gasteiger partial charge in [-0.3, -0.25) is 0 Å². The Balaban J connectivity index is 0.000000771. The first-order valence-corrected chi connectivity index (χ1v) is 6.59. The third kappa shape index (κ3) is 3.39. The van der Waals surface area contributed by atoms with E-state index in [0.717, 1.165) is 18.7 Å². The number of ether oxygens (including phenoxy) is 1. The predicted octanol–water partition coefficient (Wildman–Crippen LogP) is 4.39. The van der Waals surface area contributed by atoms with Gasteiger partial charge in [-0.2, -0.15) is 0 Å². The van der Waals surface area contributed by atoms with E-state index in [0.29, 0.717) is 0 Å². The van der Waals surface area contributed by atoms with Gasteiger partial charge in [-0.15, -0.1) is 0 Å². The Bertz CT molecular complexity index is 404. The Kier molecular flexibility index (Phi) is 6.06. The minimum Gasteiger partial charge on any atom is -0.497 e. The quantitative estimate of drug-likeness (QED) is 0.783. The first kappa shape index (κ1) is 14.4. The van der Waals surface area contributed by atoms with E-state index < -0.39 is 0 Å². The molecule has 0 spiro atoms. The summed E-state index contributed by atoms with van der Waals surface area (Å²) in [5.74, 6) is 0.902. The van der Waals surface area contributed by atoms with E-state index in [2.05, 4.69) is 35.3 Å². The zero-order valence-electron chi connectivity index (χ0n) is 11.8. The molecule has 1 heterocycles. The van der Waals surface area contributed by atoms with Crippen LogP contribution in [0.3, 0.4) is 0 Å². The maximum atomic E-state index is 5.16. The topological polar surface area (TPSA) is 12.5 Å². The summed E-state index contributed by atoms with van der Waals surface area (Å²) in [6.07, 6.45) is 7.61. The number of hydrogen-bond acceptors (Lipinski definition) is 2. The number of rotatable bonds is 3. The van der Waals surface area contributed by atoms with Gasteiger partial charge in [0.05, 0.1) is 7.11 Å². The molecule has 0 aromatic heterocycles. The summed E-state index contributed by atoms with van der Waals surface area (Å²) in [4.78, 5) is 2.32. The van der Waals surface area contributed by atoms with Crippen molar-refractivity contribution in [3.8, 4) is 5.75 Å². The summed E-state index contributed by atoms with van der Waals surface area (Å²) in [6, 6.07) is 8.20. The number of allylic oxidation sites excluding steroid dienone is 2. The molecule has 2 nitrogen and oxygen atoms in total. The van der Waals surface area contributed by atoms with Gasteiger partial charge in [-0.25, -0.2) is 0 Å². The van der Waals surface area contributed by atoms with E-state index in [4.69, 9.17) is 4.74 Å². The van der Waals surface area contributed by atoms with Crippen LogP contribution in [0.15, 0.2) is 48.2 Å². The smallest absolute Gasteiger partial charge is 0.119 e. The molecule has 0 fully saturated rings. The second-order valence-corrected chi connectivity index (χ2v) is 3.77. The lowest BCUT2D eigenvalue weighted by atomic mass is 10.2. The van der Waals surface area contributed by atoms with Crippen LogP contribution >= 0.6 is 0 Å². The van der Waals surface area contributed by atoms with E-state index in [1.165, 1.54) is 11.4 Å². The van der Waals surface area contributed by atoms with Gasteiger partial charge in [0.15, 0.2) is 0 Å². The Hall–Kier alpha value is -1.70. The van der Waals surface area contributed by atoms with Gasteiger partial charge >= 0.3 is 0 Å². The third-order valence-corrected chi connectivity index (χ3v) is 2.74. The Morgan fingerprint density at radius 2 is 1.83 bits per heavy atom. The molecule has 1 aliphatic heterocycles. The third-order valence-electron chi connectivity index (χ3n) is 2.74. The van der Waals surface area contributed by atoms with E-state index in [9.17, 15) is 0 Å². The van der Waals surface area contributed by atoms with Crippen molar-refractivity contribution in [1.82, 2.24) is 0 Å². The highest BCUT2D eigenvalue weighted by molar-refractivity contribution is 5.57. The van der Waals surface area contributed by atoms with Gasteiger partial charge in [0.2, 0.25) is 0 Å². The zero-order chi connectivity index (χ0) is 13.4. The maximum absolute atomic E-state index is 5.16. The lowest BCUT2D eigenvalue weighted by Gasteiger charge is -2.20. The first-order chi connectivity index (χ1) is 8.85. The van der Waals surface area contributed by atoms with Crippen LogP contribution in [0.25, 0.3) is 0 Å². The van der Waals surface area contributed by atoms with Crippen LogP contribution in [-0.4, -0.2) is 13.7 Å². The lowest BCUT2D eigenvalue weighted by molar-refractivity contribution is 0.415. The van der Waals surface area contributed by atoms with Crippen molar-refractivity contribution in [2.75, 3.05) is 18.6 Å². The summed E-state index contributed by atoms with van der Waals surface area (Å²) in [5.41, 5.74) is 2.51. The van der Waals surface area contributed by atoms with Crippen LogP contribution in [0.5, 0.6) is 5.75 Å². The number of anilines is 1. The maximum Gasteiger partial charge on any atom is 0.119 e. The number of hydrogen-bond donors (Lipinski definition) is 0. The molecule has 0 saturated carbocycles. The van der Waals surface area contributed by atoms with Gasteiger partial charge < -0.3 is 9.64 Å². The summed E-state index contributed by atoms with van der Waals surface area (Å²) in [5, 5.41) is 0. The van der Waals surface area contributed by atoms with E-state index in [1.807, 2.05) is 32.9 Å². The predicted molar refractivity (Wildman–Crippen MR) is 79.2 cm³/mol. The van der Waals surface area contributed by atoms with Gasteiger partial charge in [0.25, 0.3) is 0 Å². The molecule has 0 aliphatic carbocycles. The van der Waals surface area contributed by atoms with E-state index >= 15 is 0 Å². The van der Waals surface area contributed by atoms with Crippen molar-refractivity contribution in [2.45, 2.75) is 27.2 Å². The molecule has 98 valence electrons. The van der Waals surface area contributed by atoms with Crippen LogP contribution in [0, 0.1) is 0 Å². The average molecular weight is 245 g/mol. The van der Waals surface area contributed by atoms with Crippen molar-refractivity contribution in [2.24, 2.45) is 0 Å². The summed E-state index contributed by atoms with van der Waals surface area (Å²) >= 11 is 0. The van der Waals surface area contributed by atoms with Gasteiger partial charge in [0.1, 0.15) is 5.75 Å². The number of nitrogens with zero attached hydrogens (tertiary/aromatic N) is 1. The van der Waals surface area contributed by atoms with Gasteiger partial charge in [-0.05, 0) is 43.7 Å². The number of methoxy groups -OCH3 is 1. The molecule has 1 aromatic carbocycles. The Labute approximate surface area is 111 Å². The summed E-state index contributed by atoms with van der Waals surface area (Å²) in [7, 11) is 1.69. The molecule has 2 rings (SSSR count). The standard InChI is InChI=1S/C14H17NO.C2H6/c1-3-5-12-6-4-11-15(12)13-7-9-14(16-2)10-8-13;1-2/h3,5-10H,4,11H2,1-2H3;1-2H3/b5-3-;. The normalized spacial score (nSPS) is 14.2. The molecule has 0 unspecified atom stereocenters. The minimum absolute atomic E-state index is 0.902. The zero-order valence-corrected chi connectivity index (χ0v) is 11.8. The SMILES string of the molecule is C/C=C\C1=CCCN1c1ccc(OC)cc1.CC. The lowest BCUT2D eigenvalue weighted by Crippen LogP contribution is -2.17. The molecular weight excluding hydrogens is 222 g/mol. The van der Waals surface area contributed by atoms with Crippen molar-refractivity contribution >= 4 is 5.69 Å². The minimum atomic E-state index is 0.902. The molecule has 0 N–H and O–H groups in total. The molecule has 0 radical (unpaired) electrons. The van der Waals surface area contributed by atoms with Crippen molar-refractivity contribution in [3.05, 3.63) is 48.2 Å². The second kappa shape index (κ2) is 7.59. The van der Waals surface area contributed by atoms with Crippen molar-refractivity contribution in [3.63, 3.8) is 0 Å². The molecule has 1 aromatic rings. The Morgan fingerprint density at radius 3 is 2.39 bits per heavy atom. The molecule has 2 heteroatoms. The number of benzene rings is 1. The van der Waals surface area contributed by atoms with Crippen molar-refractivity contribution in [1.29, 1.82) is 0 Å². The highest BCUT2D eigenvalue weighted by atomic mass is 16.5. The summed E-state index contributed by atoms with van der Waals surface area (Å²) < 4.78 is 5.16. The first-order valence-electron chi connectivity index (χ1n) is 6.59. The van der Waals surface area contributed by atoms with Crippen LogP contribution in [0.1, 0.15) is 27.2 Å². The second-order valence-electron chi connectivity index (χ2n) is 3.77.